The predicted octanol–water partition coefficient (Wildman–Crippen LogP) is 5.23. The lowest BCUT2D eigenvalue weighted by atomic mass is 10.1. The maximum Gasteiger partial charge on any atom is 0.283 e. The molecule has 4 rings (SSSR count). The molecule has 0 aliphatic carbocycles. The molecule has 3 aromatic carbocycles. The molecule has 1 N–H and O–H groups in total. The van der Waals surface area contributed by atoms with E-state index in [0.29, 0.717) is 50.9 Å². The van der Waals surface area contributed by atoms with Gasteiger partial charge in [-0.2, -0.15) is 0 Å². The number of rotatable bonds is 10. The van der Waals surface area contributed by atoms with Gasteiger partial charge in [0.15, 0.2) is 16.7 Å². The lowest BCUT2D eigenvalue weighted by Gasteiger charge is -2.20. The van der Waals surface area contributed by atoms with Crippen LogP contribution in [0, 0.1) is 0 Å². The zero-order valence-corrected chi connectivity index (χ0v) is 24.4. The average Bonchev–Trinajstić information content (AvgIpc) is 3.30. The quantitative estimate of drug-likeness (QED) is 0.326. The van der Waals surface area contributed by atoms with Crippen LogP contribution in [0.1, 0.15) is 12.5 Å². The van der Waals surface area contributed by atoms with Crippen molar-refractivity contribution in [1.82, 2.24) is 0 Å². The van der Waals surface area contributed by atoms with Crippen molar-refractivity contribution < 1.29 is 33.3 Å². The fraction of sp³-hybridized carbons (Fsp3) is 0.233. The Labute approximate surface area is 242 Å². The highest BCUT2D eigenvalue weighted by Gasteiger charge is 2.34. The second-order valence-electron chi connectivity index (χ2n) is 8.70. The molecule has 0 aromatic heterocycles. The fourth-order valence-electron chi connectivity index (χ4n) is 4.03. The second-order valence-corrected chi connectivity index (χ2v) is 10.0. The molecular weight excluding hydrogens is 546 g/mol. The summed E-state index contributed by atoms with van der Waals surface area (Å²) in [7, 11) is 7.66. The van der Waals surface area contributed by atoms with Crippen LogP contribution in [-0.2, 0) is 9.59 Å². The molecule has 10 nitrogen and oxygen atoms in total. The first-order valence-electron chi connectivity index (χ1n) is 12.5. The topological polar surface area (TPSA) is 108 Å². The number of carbonyl (C=O) groups is 2. The fourth-order valence-corrected chi connectivity index (χ4v) is 4.96. The highest BCUT2D eigenvalue weighted by molar-refractivity contribution is 8.15. The zero-order valence-electron chi connectivity index (χ0n) is 23.6. The lowest BCUT2D eigenvalue weighted by Crippen LogP contribution is -2.33. The summed E-state index contributed by atoms with van der Waals surface area (Å²) >= 11 is 1.16. The van der Waals surface area contributed by atoms with Crippen LogP contribution in [0.3, 0.4) is 0 Å². The first-order valence-corrected chi connectivity index (χ1v) is 13.4. The summed E-state index contributed by atoms with van der Waals surface area (Å²) in [5, 5.41) is 2.63. The van der Waals surface area contributed by atoms with Crippen LogP contribution < -0.4 is 33.9 Å². The molecule has 0 saturated carbocycles. The van der Waals surface area contributed by atoms with Crippen LogP contribution >= 0.6 is 11.8 Å². The van der Waals surface area contributed by atoms with Crippen molar-refractivity contribution in [2.45, 2.75) is 12.2 Å². The number of methoxy groups -OCH3 is 5. The number of aliphatic imine (C=N–C) groups is 1. The number of amides is 2. The molecular formula is C30H31N3O7S. The normalized spacial score (nSPS) is 14.4. The molecule has 1 aliphatic heterocycles. The Morgan fingerprint density at radius 3 is 2.05 bits per heavy atom. The van der Waals surface area contributed by atoms with Crippen molar-refractivity contribution in [3.05, 3.63) is 71.9 Å². The van der Waals surface area contributed by atoms with Crippen molar-refractivity contribution >= 4 is 46.2 Å². The minimum absolute atomic E-state index is 0.173. The molecule has 0 bridgehead atoms. The number of nitrogens with one attached hydrogen (secondary N) is 1. The molecule has 0 saturated heterocycles. The third-order valence-electron chi connectivity index (χ3n) is 6.14. The van der Waals surface area contributed by atoms with Gasteiger partial charge in [0, 0.05) is 35.5 Å². The maximum atomic E-state index is 13.7. The standard InChI is InChI=1S/C30H31N3O7S/c1-18(28(34)31-20-14-22(36-2)16-23(15-20)37-3)41-30-32-24(29(35)33(30)21-10-8-7-9-11-21)12-19-13-26(39-5)27(40-6)17-25(19)38-4/h7-18H,1-6H3,(H,31,34)/b24-12+. The Balaban J connectivity index is 1.66. The Morgan fingerprint density at radius 2 is 1.46 bits per heavy atom. The molecule has 41 heavy (non-hydrogen) atoms. The first-order chi connectivity index (χ1) is 19.8. The van der Waals surface area contributed by atoms with Crippen LogP contribution in [0.15, 0.2) is 71.4 Å². The molecule has 214 valence electrons. The van der Waals surface area contributed by atoms with E-state index in [-0.39, 0.29) is 17.5 Å². The summed E-state index contributed by atoms with van der Waals surface area (Å²) in [5.74, 6) is 1.90. The van der Waals surface area contributed by atoms with Crippen LogP contribution in [0.5, 0.6) is 28.7 Å². The number of anilines is 2. The third-order valence-corrected chi connectivity index (χ3v) is 7.19. The van der Waals surface area contributed by atoms with Gasteiger partial charge in [-0.1, -0.05) is 30.0 Å². The summed E-state index contributed by atoms with van der Waals surface area (Å²) in [6.45, 7) is 1.74. The van der Waals surface area contributed by atoms with Gasteiger partial charge in [-0.3, -0.25) is 14.5 Å². The van der Waals surface area contributed by atoms with E-state index in [4.69, 9.17) is 23.7 Å². The lowest BCUT2D eigenvalue weighted by molar-refractivity contribution is -0.115. The van der Waals surface area contributed by atoms with Gasteiger partial charge in [0.25, 0.3) is 5.91 Å². The molecule has 1 unspecified atom stereocenters. The van der Waals surface area contributed by atoms with Crippen LogP contribution in [-0.4, -0.2) is 57.8 Å². The van der Waals surface area contributed by atoms with Gasteiger partial charge in [-0.15, -0.1) is 0 Å². The van der Waals surface area contributed by atoms with Gasteiger partial charge in [0.05, 0.1) is 46.5 Å². The Kier molecular flexibility index (Phi) is 9.41. The van der Waals surface area contributed by atoms with E-state index in [9.17, 15) is 9.59 Å². The van der Waals surface area contributed by atoms with Crippen LogP contribution in [0.2, 0.25) is 0 Å². The minimum Gasteiger partial charge on any atom is -0.497 e. The first kappa shape index (κ1) is 29.3. The SMILES string of the molecule is COc1cc(NC(=O)C(C)SC2=N/C(=C/c3cc(OC)c(OC)cc3OC)C(=O)N2c2ccccc2)cc(OC)c1. The summed E-state index contributed by atoms with van der Waals surface area (Å²) < 4.78 is 26.9. The largest absolute Gasteiger partial charge is 0.497 e. The van der Waals surface area contributed by atoms with E-state index in [0.717, 1.165) is 11.8 Å². The maximum absolute atomic E-state index is 13.7. The van der Waals surface area contributed by atoms with Gasteiger partial charge in [0.1, 0.15) is 22.9 Å². The molecule has 0 radical (unpaired) electrons. The molecule has 11 heteroatoms. The molecule has 1 atom stereocenters. The summed E-state index contributed by atoms with van der Waals surface area (Å²) in [5.41, 5.74) is 1.89. The van der Waals surface area contributed by atoms with Gasteiger partial charge < -0.3 is 29.0 Å². The molecule has 2 amide bonds. The van der Waals surface area contributed by atoms with Crippen molar-refractivity contribution in [2.75, 3.05) is 45.8 Å². The Hall–Kier alpha value is -4.64. The summed E-state index contributed by atoms with van der Waals surface area (Å²) in [4.78, 5) is 33.0. The van der Waals surface area contributed by atoms with Crippen molar-refractivity contribution in [3.8, 4) is 28.7 Å². The van der Waals surface area contributed by atoms with Crippen molar-refractivity contribution in [3.63, 3.8) is 0 Å². The summed E-state index contributed by atoms with van der Waals surface area (Å²) in [6.07, 6.45) is 1.62. The number of carbonyl (C=O) groups excluding carboxylic acids is 2. The smallest absolute Gasteiger partial charge is 0.283 e. The monoisotopic (exact) mass is 577 g/mol. The van der Waals surface area contributed by atoms with E-state index >= 15 is 0 Å². The van der Waals surface area contributed by atoms with E-state index < -0.39 is 5.25 Å². The molecule has 0 fully saturated rings. The minimum atomic E-state index is -0.611. The van der Waals surface area contributed by atoms with Crippen LogP contribution in [0.4, 0.5) is 11.4 Å². The van der Waals surface area contributed by atoms with Gasteiger partial charge in [-0.05, 0) is 31.2 Å². The highest BCUT2D eigenvalue weighted by Crippen LogP contribution is 2.38. The number of amidine groups is 1. The average molecular weight is 578 g/mol. The Morgan fingerprint density at radius 1 is 0.854 bits per heavy atom. The number of benzene rings is 3. The van der Waals surface area contributed by atoms with E-state index in [2.05, 4.69) is 10.3 Å². The van der Waals surface area contributed by atoms with E-state index in [1.54, 1.807) is 55.5 Å². The number of ether oxygens (including phenoxy) is 5. The zero-order chi connectivity index (χ0) is 29.5. The van der Waals surface area contributed by atoms with Crippen molar-refractivity contribution in [1.29, 1.82) is 0 Å². The van der Waals surface area contributed by atoms with Crippen molar-refractivity contribution in [2.24, 2.45) is 4.99 Å². The van der Waals surface area contributed by atoms with Crippen LogP contribution in [0.25, 0.3) is 6.08 Å². The van der Waals surface area contributed by atoms with Gasteiger partial charge in [-0.25, -0.2) is 4.99 Å². The predicted molar refractivity (Wildman–Crippen MR) is 161 cm³/mol. The second kappa shape index (κ2) is 13.1. The molecule has 0 spiro atoms. The van der Waals surface area contributed by atoms with Gasteiger partial charge in [0.2, 0.25) is 5.91 Å². The number of hydrogen-bond acceptors (Lipinski definition) is 9. The number of hydrogen-bond donors (Lipinski definition) is 1. The third kappa shape index (κ3) is 6.58. The Bertz CT molecular complexity index is 1470. The highest BCUT2D eigenvalue weighted by atomic mass is 32.2. The molecule has 1 aliphatic rings. The summed E-state index contributed by atoms with van der Waals surface area (Å²) in [6, 6.07) is 17.6. The number of nitrogens with zero attached hydrogens (tertiary/aromatic N) is 2. The number of thioether (sulfide) groups is 1. The van der Waals surface area contributed by atoms with Gasteiger partial charge >= 0.3 is 0 Å². The van der Waals surface area contributed by atoms with E-state index in [1.165, 1.54) is 40.4 Å². The number of para-hydroxylation sites is 1. The van der Waals surface area contributed by atoms with E-state index in [1.807, 2.05) is 18.2 Å². The molecule has 1 heterocycles. The molecule has 3 aromatic rings.